The zero-order valence-corrected chi connectivity index (χ0v) is 18.0. The molecule has 1 amide bonds. The van der Waals surface area contributed by atoms with Crippen LogP contribution >= 0.6 is 0 Å². The summed E-state index contributed by atoms with van der Waals surface area (Å²) in [6.45, 7) is 4.68. The molecular formula is C26H24N4O2. The maximum atomic E-state index is 12.4. The van der Waals surface area contributed by atoms with Gasteiger partial charge in [0.25, 0.3) is 5.91 Å². The average molecular weight is 425 g/mol. The average Bonchev–Trinajstić information content (AvgIpc) is 3.11. The molecule has 1 heterocycles. The van der Waals surface area contributed by atoms with Gasteiger partial charge in [-0.2, -0.15) is 10.2 Å². The lowest BCUT2D eigenvalue weighted by Gasteiger charge is -2.06. The number of ether oxygens (including phenoxy) is 1. The van der Waals surface area contributed by atoms with Crippen LogP contribution in [-0.4, -0.2) is 21.9 Å². The van der Waals surface area contributed by atoms with Crippen molar-refractivity contribution in [2.24, 2.45) is 5.10 Å². The highest BCUT2D eigenvalue weighted by atomic mass is 16.5. The van der Waals surface area contributed by atoms with E-state index in [-0.39, 0.29) is 5.91 Å². The van der Waals surface area contributed by atoms with E-state index >= 15 is 0 Å². The molecule has 0 saturated carbocycles. The number of aromatic nitrogens is 2. The molecule has 0 spiro atoms. The standard InChI is InChI=1S/C26H24N4O2/c1-19-15-20(2)30(29-19)18-21-11-13-23(14-12-21)26(31)28-27-17-22-7-6-10-25(16-22)32-24-8-4-3-5-9-24/h3-17H,18H2,1-2H3,(H,28,31). The second-order valence-corrected chi connectivity index (χ2v) is 7.47. The van der Waals surface area contributed by atoms with E-state index in [1.54, 1.807) is 18.3 Å². The highest BCUT2D eigenvalue weighted by Crippen LogP contribution is 2.21. The topological polar surface area (TPSA) is 68.5 Å². The molecule has 6 nitrogen and oxygen atoms in total. The number of carbonyl (C=O) groups is 1. The van der Waals surface area contributed by atoms with E-state index in [0.29, 0.717) is 17.9 Å². The Morgan fingerprint density at radius 2 is 1.72 bits per heavy atom. The van der Waals surface area contributed by atoms with Gasteiger partial charge in [-0.1, -0.05) is 42.5 Å². The van der Waals surface area contributed by atoms with Gasteiger partial charge in [-0.3, -0.25) is 9.48 Å². The highest BCUT2D eigenvalue weighted by molar-refractivity contribution is 5.94. The van der Waals surface area contributed by atoms with Gasteiger partial charge >= 0.3 is 0 Å². The van der Waals surface area contributed by atoms with Crippen molar-refractivity contribution in [2.45, 2.75) is 20.4 Å². The van der Waals surface area contributed by atoms with Gasteiger partial charge < -0.3 is 4.74 Å². The molecule has 32 heavy (non-hydrogen) atoms. The van der Waals surface area contributed by atoms with E-state index in [9.17, 15) is 4.79 Å². The minimum absolute atomic E-state index is 0.268. The Bertz CT molecular complexity index is 1230. The third-order valence-corrected chi connectivity index (χ3v) is 4.87. The zero-order valence-electron chi connectivity index (χ0n) is 18.0. The van der Waals surface area contributed by atoms with E-state index < -0.39 is 0 Å². The number of para-hydroxylation sites is 1. The molecule has 4 rings (SSSR count). The van der Waals surface area contributed by atoms with Gasteiger partial charge in [0.1, 0.15) is 11.5 Å². The zero-order chi connectivity index (χ0) is 22.3. The van der Waals surface area contributed by atoms with Crippen LogP contribution in [0.4, 0.5) is 0 Å². The summed E-state index contributed by atoms with van der Waals surface area (Å²) in [5.74, 6) is 1.19. The molecule has 0 radical (unpaired) electrons. The summed E-state index contributed by atoms with van der Waals surface area (Å²) in [6.07, 6.45) is 1.59. The van der Waals surface area contributed by atoms with Gasteiger partial charge in [-0.25, -0.2) is 5.43 Å². The second-order valence-electron chi connectivity index (χ2n) is 7.47. The van der Waals surface area contributed by atoms with Crippen LogP contribution in [0, 0.1) is 13.8 Å². The SMILES string of the molecule is Cc1cc(C)n(Cc2ccc(C(=O)NN=Cc3cccc(Oc4ccccc4)c3)cc2)n1. The Kier molecular flexibility index (Phi) is 6.41. The lowest BCUT2D eigenvalue weighted by molar-refractivity contribution is 0.0955. The van der Waals surface area contributed by atoms with Gasteiger partial charge in [0.05, 0.1) is 18.5 Å². The number of amides is 1. The molecule has 0 bridgehead atoms. The fraction of sp³-hybridized carbons (Fsp3) is 0.115. The van der Waals surface area contributed by atoms with Gasteiger partial charge in [0.15, 0.2) is 0 Å². The largest absolute Gasteiger partial charge is 0.457 e. The van der Waals surface area contributed by atoms with Crippen LogP contribution < -0.4 is 10.2 Å². The number of benzene rings is 3. The minimum Gasteiger partial charge on any atom is -0.457 e. The Balaban J connectivity index is 1.34. The van der Waals surface area contributed by atoms with Crippen molar-refractivity contribution < 1.29 is 9.53 Å². The smallest absolute Gasteiger partial charge is 0.271 e. The highest BCUT2D eigenvalue weighted by Gasteiger charge is 2.06. The molecule has 1 aromatic heterocycles. The summed E-state index contributed by atoms with van der Waals surface area (Å²) in [4.78, 5) is 12.4. The van der Waals surface area contributed by atoms with Crippen LogP contribution in [0.3, 0.4) is 0 Å². The first-order chi connectivity index (χ1) is 15.6. The summed E-state index contributed by atoms with van der Waals surface area (Å²) in [5.41, 5.74) is 7.11. The normalized spacial score (nSPS) is 10.9. The molecule has 6 heteroatoms. The van der Waals surface area contributed by atoms with Gasteiger partial charge in [0, 0.05) is 11.3 Å². The minimum atomic E-state index is -0.268. The first kappa shape index (κ1) is 21.1. The molecule has 0 unspecified atom stereocenters. The number of nitrogens with one attached hydrogen (secondary N) is 1. The van der Waals surface area contributed by atoms with E-state index in [2.05, 4.69) is 15.6 Å². The quantitative estimate of drug-likeness (QED) is 0.331. The number of hydrogen-bond acceptors (Lipinski definition) is 4. The van der Waals surface area contributed by atoms with E-state index in [1.165, 1.54) is 0 Å². The maximum Gasteiger partial charge on any atom is 0.271 e. The van der Waals surface area contributed by atoms with Crippen LogP contribution in [-0.2, 0) is 6.54 Å². The van der Waals surface area contributed by atoms with Crippen LogP contribution in [0.25, 0.3) is 0 Å². The fourth-order valence-electron chi connectivity index (χ4n) is 3.28. The Labute approximate surface area is 187 Å². The Morgan fingerprint density at radius 1 is 0.969 bits per heavy atom. The van der Waals surface area contributed by atoms with Crippen molar-refractivity contribution in [1.82, 2.24) is 15.2 Å². The summed E-state index contributed by atoms with van der Waals surface area (Å²) in [7, 11) is 0. The summed E-state index contributed by atoms with van der Waals surface area (Å²) in [5, 5.41) is 8.55. The molecule has 0 fully saturated rings. The molecule has 160 valence electrons. The van der Waals surface area contributed by atoms with Gasteiger partial charge in [-0.15, -0.1) is 0 Å². The number of nitrogens with zero attached hydrogens (tertiary/aromatic N) is 3. The lowest BCUT2D eigenvalue weighted by atomic mass is 10.1. The van der Waals surface area contributed by atoms with Crippen molar-refractivity contribution in [3.8, 4) is 11.5 Å². The molecule has 0 saturated heterocycles. The molecule has 1 N–H and O–H groups in total. The molecule has 0 aliphatic carbocycles. The van der Waals surface area contributed by atoms with Crippen LogP contribution in [0.1, 0.15) is 32.9 Å². The summed E-state index contributed by atoms with van der Waals surface area (Å²) in [6, 6.07) is 26.5. The lowest BCUT2D eigenvalue weighted by Crippen LogP contribution is -2.17. The first-order valence-corrected chi connectivity index (χ1v) is 10.3. The van der Waals surface area contributed by atoms with Gasteiger partial charge in [0.2, 0.25) is 0 Å². The number of hydrazone groups is 1. The number of aryl methyl sites for hydroxylation is 2. The van der Waals surface area contributed by atoms with Crippen molar-refractivity contribution in [2.75, 3.05) is 0 Å². The number of rotatable bonds is 7. The molecule has 4 aromatic rings. The monoisotopic (exact) mass is 424 g/mol. The van der Waals surface area contributed by atoms with Crippen LogP contribution in [0.15, 0.2) is 90.0 Å². The third kappa shape index (κ3) is 5.49. The van der Waals surface area contributed by atoms with E-state index in [0.717, 1.165) is 28.3 Å². The van der Waals surface area contributed by atoms with E-state index in [1.807, 2.05) is 91.3 Å². The third-order valence-electron chi connectivity index (χ3n) is 4.87. The molecule has 3 aromatic carbocycles. The van der Waals surface area contributed by atoms with Crippen molar-refractivity contribution in [3.05, 3.63) is 113 Å². The van der Waals surface area contributed by atoms with E-state index in [4.69, 9.17) is 4.74 Å². The molecule has 0 atom stereocenters. The fourth-order valence-corrected chi connectivity index (χ4v) is 3.28. The van der Waals surface area contributed by atoms with Crippen LogP contribution in [0.2, 0.25) is 0 Å². The molecule has 0 aliphatic rings. The Morgan fingerprint density at radius 3 is 2.44 bits per heavy atom. The molecular weight excluding hydrogens is 400 g/mol. The Hall–Kier alpha value is -4.19. The van der Waals surface area contributed by atoms with Crippen molar-refractivity contribution in [1.29, 1.82) is 0 Å². The predicted molar refractivity (Wildman–Crippen MR) is 125 cm³/mol. The first-order valence-electron chi connectivity index (χ1n) is 10.3. The van der Waals surface area contributed by atoms with Crippen molar-refractivity contribution in [3.63, 3.8) is 0 Å². The molecule has 0 aliphatic heterocycles. The number of hydrogen-bond donors (Lipinski definition) is 1. The van der Waals surface area contributed by atoms with Crippen molar-refractivity contribution >= 4 is 12.1 Å². The maximum absolute atomic E-state index is 12.4. The summed E-state index contributed by atoms with van der Waals surface area (Å²) >= 11 is 0. The van der Waals surface area contributed by atoms with Gasteiger partial charge in [-0.05, 0) is 67.4 Å². The summed E-state index contributed by atoms with van der Waals surface area (Å²) < 4.78 is 7.77. The number of carbonyl (C=O) groups excluding carboxylic acids is 1. The van der Waals surface area contributed by atoms with Crippen LogP contribution in [0.5, 0.6) is 11.5 Å². The predicted octanol–water partition coefficient (Wildman–Crippen LogP) is 5.10. The second kappa shape index (κ2) is 9.75.